The van der Waals surface area contributed by atoms with Gasteiger partial charge in [0.1, 0.15) is 11.5 Å². The molecule has 2 unspecified atom stereocenters. The average molecular weight is 379 g/mol. The predicted molar refractivity (Wildman–Crippen MR) is 101 cm³/mol. The highest BCUT2D eigenvalue weighted by Gasteiger charge is 2.17. The van der Waals surface area contributed by atoms with Crippen LogP contribution in [0.25, 0.3) is 0 Å². The largest absolute Gasteiger partial charge is 0.475 e. The van der Waals surface area contributed by atoms with Gasteiger partial charge in [0.25, 0.3) is 0 Å². The van der Waals surface area contributed by atoms with E-state index in [4.69, 9.17) is 4.74 Å². The Bertz CT molecular complexity index is 707. The van der Waals surface area contributed by atoms with Crippen molar-refractivity contribution in [1.29, 1.82) is 0 Å². The first kappa shape index (κ1) is 21.1. The van der Waals surface area contributed by atoms with Gasteiger partial charge in [0.15, 0.2) is 6.23 Å². The molecule has 0 spiro atoms. The second-order valence-electron chi connectivity index (χ2n) is 6.75. The highest BCUT2D eigenvalue weighted by atomic mass is 19.3. The molecule has 0 aromatic heterocycles. The normalized spacial score (nSPS) is 13.6. The summed E-state index contributed by atoms with van der Waals surface area (Å²) < 4.78 is 35.3. The number of rotatable bonds is 10. The zero-order valence-corrected chi connectivity index (χ0v) is 15.9. The smallest absolute Gasteiger partial charge is 0.387 e. The maximum atomic E-state index is 12.4. The molecule has 0 radical (unpaired) electrons. The Hall–Kier alpha value is -2.18. The highest BCUT2D eigenvalue weighted by molar-refractivity contribution is 5.35. The molecule has 0 saturated heterocycles. The lowest BCUT2D eigenvalue weighted by Crippen LogP contribution is -2.36. The first-order chi connectivity index (χ1) is 12.8. The molecule has 4 nitrogen and oxygen atoms in total. The van der Waals surface area contributed by atoms with Crippen molar-refractivity contribution in [2.24, 2.45) is 0 Å². The number of nitrogens with zero attached hydrogens (tertiary/aromatic N) is 1. The molecule has 2 rings (SSSR count). The van der Waals surface area contributed by atoms with Gasteiger partial charge in [-0.25, -0.2) is 0 Å². The summed E-state index contributed by atoms with van der Waals surface area (Å²) in [6.45, 7) is -1.09. The lowest BCUT2D eigenvalue weighted by atomic mass is 10.0. The number of aliphatic hydroxyl groups excluding tert-OH is 1. The van der Waals surface area contributed by atoms with Crippen LogP contribution in [0.15, 0.2) is 48.5 Å². The number of benzene rings is 2. The number of ether oxygens (including phenoxy) is 2. The van der Waals surface area contributed by atoms with Crippen LogP contribution >= 0.6 is 0 Å². The Balaban J connectivity index is 2.07. The Kier molecular flexibility index (Phi) is 8.00. The first-order valence-corrected chi connectivity index (χ1v) is 8.98. The quantitative estimate of drug-likeness (QED) is 0.631. The van der Waals surface area contributed by atoms with Gasteiger partial charge in [0.05, 0.1) is 6.10 Å². The van der Waals surface area contributed by atoms with Crippen LogP contribution < -0.4 is 9.47 Å². The molecule has 1 N–H and O–H groups in total. The summed E-state index contributed by atoms with van der Waals surface area (Å²) in [6, 6.07) is 14.5. The van der Waals surface area contributed by atoms with Gasteiger partial charge >= 0.3 is 6.61 Å². The van der Waals surface area contributed by atoms with Crippen LogP contribution in [0.5, 0.6) is 11.5 Å². The van der Waals surface area contributed by atoms with Crippen molar-refractivity contribution in [2.45, 2.75) is 45.1 Å². The Morgan fingerprint density at radius 1 is 1.00 bits per heavy atom. The maximum absolute atomic E-state index is 12.4. The molecular weight excluding hydrogens is 352 g/mol. The summed E-state index contributed by atoms with van der Waals surface area (Å²) in [6.07, 6.45) is 1.15. The van der Waals surface area contributed by atoms with Crippen LogP contribution in [0.2, 0.25) is 0 Å². The van der Waals surface area contributed by atoms with E-state index in [2.05, 4.69) is 4.74 Å². The lowest BCUT2D eigenvalue weighted by Gasteiger charge is -2.27. The third-order valence-corrected chi connectivity index (χ3v) is 4.16. The maximum Gasteiger partial charge on any atom is 0.387 e. The van der Waals surface area contributed by atoms with Crippen molar-refractivity contribution in [1.82, 2.24) is 4.90 Å². The monoisotopic (exact) mass is 379 g/mol. The summed E-state index contributed by atoms with van der Waals surface area (Å²) in [5.74, 6) is 0.925. The fraction of sp³-hybridized carbons (Fsp3) is 0.429. The zero-order chi connectivity index (χ0) is 19.8. The van der Waals surface area contributed by atoms with E-state index < -0.39 is 12.7 Å². The van der Waals surface area contributed by atoms with Gasteiger partial charge < -0.3 is 14.6 Å². The number of alkyl halides is 2. The van der Waals surface area contributed by atoms with Crippen LogP contribution in [0, 0.1) is 0 Å². The number of hydrogen-bond acceptors (Lipinski definition) is 4. The number of halogens is 2. The van der Waals surface area contributed by atoms with Crippen LogP contribution in [-0.2, 0) is 12.8 Å². The van der Waals surface area contributed by atoms with Gasteiger partial charge in [0.2, 0.25) is 0 Å². The van der Waals surface area contributed by atoms with Gasteiger partial charge in [0, 0.05) is 6.42 Å². The molecule has 148 valence electrons. The fourth-order valence-corrected chi connectivity index (χ4v) is 2.78. The van der Waals surface area contributed by atoms with Gasteiger partial charge in [-0.3, -0.25) is 4.90 Å². The van der Waals surface area contributed by atoms with Crippen LogP contribution in [0.1, 0.15) is 24.5 Å². The Morgan fingerprint density at radius 3 is 2.41 bits per heavy atom. The van der Waals surface area contributed by atoms with E-state index in [1.54, 1.807) is 19.1 Å². The molecule has 2 atom stereocenters. The predicted octanol–water partition coefficient (Wildman–Crippen LogP) is 4.11. The van der Waals surface area contributed by atoms with Crippen molar-refractivity contribution >= 4 is 0 Å². The van der Waals surface area contributed by atoms with E-state index in [0.29, 0.717) is 19.3 Å². The Labute approximate surface area is 159 Å². The Morgan fingerprint density at radius 2 is 1.74 bits per heavy atom. The molecule has 2 aromatic rings. The molecular formula is C21H27F2NO3. The van der Waals surface area contributed by atoms with Gasteiger partial charge in [-0.15, -0.1) is 0 Å². The van der Waals surface area contributed by atoms with Crippen LogP contribution in [-0.4, -0.2) is 43.0 Å². The van der Waals surface area contributed by atoms with Gasteiger partial charge in [-0.1, -0.05) is 30.3 Å². The summed E-state index contributed by atoms with van der Waals surface area (Å²) in [7, 11) is 3.81. The van der Waals surface area contributed by atoms with Gasteiger partial charge in [-0.05, 0) is 63.2 Å². The van der Waals surface area contributed by atoms with Crippen molar-refractivity contribution in [3.05, 3.63) is 59.7 Å². The first-order valence-electron chi connectivity index (χ1n) is 8.98. The molecule has 0 aliphatic heterocycles. The van der Waals surface area contributed by atoms with E-state index in [0.717, 1.165) is 16.9 Å². The minimum Gasteiger partial charge on any atom is -0.475 e. The van der Waals surface area contributed by atoms with E-state index >= 15 is 0 Å². The average Bonchev–Trinajstić information content (AvgIpc) is 2.59. The molecule has 0 aliphatic rings. The van der Waals surface area contributed by atoms with Crippen molar-refractivity contribution in [2.75, 3.05) is 14.1 Å². The third kappa shape index (κ3) is 7.15. The number of hydrogen-bond donors (Lipinski definition) is 1. The topological polar surface area (TPSA) is 41.9 Å². The van der Waals surface area contributed by atoms with E-state index in [-0.39, 0.29) is 12.0 Å². The summed E-state index contributed by atoms with van der Waals surface area (Å²) >= 11 is 0. The molecule has 0 amide bonds. The van der Waals surface area contributed by atoms with Crippen molar-refractivity contribution in [3.63, 3.8) is 0 Å². The second-order valence-corrected chi connectivity index (χ2v) is 6.75. The SMILES string of the molecule is CC(O)CC(Oc1ccccc1CCc1cccc(OC(F)F)c1)N(C)C. The third-order valence-electron chi connectivity index (χ3n) is 4.16. The molecule has 0 saturated carbocycles. The standard InChI is InChI=1S/C21H27F2NO3/c1-15(25)13-20(24(2)3)27-19-10-5-4-8-17(19)12-11-16-7-6-9-18(14-16)26-21(22)23/h4-10,14-15,20-21,25H,11-13H2,1-3H3. The highest BCUT2D eigenvalue weighted by Crippen LogP contribution is 2.24. The summed E-state index contributed by atoms with van der Waals surface area (Å²) in [4.78, 5) is 1.93. The van der Waals surface area contributed by atoms with Crippen molar-refractivity contribution in [3.8, 4) is 11.5 Å². The molecule has 0 fully saturated rings. The minimum atomic E-state index is -2.83. The van der Waals surface area contributed by atoms with Crippen molar-refractivity contribution < 1.29 is 23.4 Å². The molecule has 0 aliphatic carbocycles. The fourth-order valence-electron chi connectivity index (χ4n) is 2.78. The molecule has 6 heteroatoms. The summed E-state index contributed by atoms with van der Waals surface area (Å²) in [5.41, 5.74) is 1.94. The molecule has 0 heterocycles. The number of para-hydroxylation sites is 1. The minimum absolute atomic E-state index is 0.164. The summed E-state index contributed by atoms with van der Waals surface area (Å²) in [5, 5.41) is 9.69. The van der Waals surface area contributed by atoms with E-state index in [1.165, 1.54) is 6.07 Å². The molecule has 27 heavy (non-hydrogen) atoms. The van der Waals surface area contributed by atoms with Crippen LogP contribution in [0.4, 0.5) is 8.78 Å². The van der Waals surface area contributed by atoms with Crippen LogP contribution in [0.3, 0.4) is 0 Å². The molecule has 0 bridgehead atoms. The van der Waals surface area contributed by atoms with Gasteiger partial charge in [-0.2, -0.15) is 8.78 Å². The van der Waals surface area contributed by atoms with E-state index in [9.17, 15) is 13.9 Å². The number of aryl methyl sites for hydroxylation is 2. The second kappa shape index (κ2) is 10.2. The molecule has 2 aromatic carbocycles. The number of aliphatic hydroxyl groups is 1. The lowest BCUT2D eigenvalue weighted by molar-refractivity contribution is -0.0498. The zero-order valence-electron chi connectivity index (χ0n) is 15.9. The van der Waals surface area contributed by atoms with E-state index in [1.807, 2.05) is 49.3 Å².